The fourth-order valence-electron chi connectivity index (χ4n) is 3.05. The first-order valence-electron chi connectivity index (χ1n) is 7.05. The fraction of sp³-hybridized carbons (Fsp3) is 1.00. The molecular formula is C14H31N3. The Morgan fingerprint density at radius 1 is 1.35 bits per heavy atom. The van der Waals surface area contributed by atoms with E-state index in [1.807, 2.05) is 0 Å². The van der Waals surface area contributed by atoms with Gasteiger partial charge in [0.05, 0.1) is 0 Å². The van der Waals surface area contributed by atoms with E-state index in [-0.39, 0.29) is 0 Å². The third kappa shape index (κ3) is 4.94. The molecule has 1 rings (SSSR count). The molecule has 0 spiro atoms. The maximum atomic E-state index is 5.68. The van der Waals surface area contributed by atoms with Gasteiger partial charge in [0.25, 0.3) is 0 Å². The Kier molecular flexibility index (Phi) is 5.90. The fourth-order valence-corrected chi connectivity index (χ4v) is 3.05. The van der Waals surface area contributed by atoms with Crippen LogP contribution in [0.1, 0.15) is 39.5 Å². The summed E-state index contributed by atoms with van der Waals surface area (Å²) in [5.74, 6) is 0.847. The number of likely N-dealkylation sites (tertiary alicyclic amines) is 1. The first kappa shape index (κ1) is 14.9. The van der Waals surface area contributed by atoms with Gasteiger partial charge in [0.2, 0.25) is 0 Å². The van der Waals surface area contributed by atoms with E-state index < -0.39 is 0 Å². The molecule has 1 heterocycles. The minimum absolute atomic E-state index is 0.365. The summed E-state index contributed by atoms with van der Waals surface area (Å²) < 4.78 is 0. The topological polar surface area (TPSA) is 32.5 Å². The molecule has 1 aliphatic rings. The SMILES string of the molecule is CN(C)CCCN1CCC(CCN)CC1(C)C. The minimum Gasteiger partial charge on any atom is -0.330 e. The van der Waals surface area contributed by atoms with E-state index in [1.54, 1.807) is 0 Å². The molecule has 3 nitrogen and oxygen atoms in total. The first-order chi connectivity index (χ1) is 7.95. The van der Waals surface area contributed by atoms with Crippen LogP contribution < -0.4 is 5.73 Å². The van der Waals surface area contributed by atoms with Gasteiger partial charge < -0.3 is 10.6 Å². The Balaban J connectivity index is 2.36. The van der Waals surface area contributed by atoms with E-state index in [0.29, 0.717) is 5.54 Å². The molecule has 0 radical (unpaired) electrons. The Hall–Kier alpha value is -0.120. The molecule has 1 unspecified atom stereocenters. The van der Waals surface area contributed by atoms with Gasteiger partial charge in [0.1, 0.15) is 0 Å². The monoisotopic (exact) mass is 241 g/mol. The molecular weight excluding hydrogens is 210 g/mol. The molecule has 0 saturated carbocycles. The van der Waals surface area contributed by atoms with Crippen LogP contribution in [0, 0.1) is 5.92 Å². The zero-order valence-electron chi connectivity index (χ0n) is 12.2. The van der Waals surface area contributed by atoms with Crippen molar-refractivity contribution < 1.29 is 0 Å². The van der Waals surface area contributed by atoms with Gasteiger partial charge in [-0.3, -0.25) is 4.90 Å². The van der Waals surface area contributed by atoms with Gasteiger partial charge in [-0.1, -0.05) is 0 Å². The van der Waals surface area contributed by atoms with E-state index >= 15 is 0 Å². The van der Waals surface area contributed by atoms with Crippen molar-refractivity contribution in [1.29, 1.82) is 0 Å². The van der Waals surface area contributed by atoms with Crippen LogP contribution in [0.2, 0.25) is 0 Å². The summed E-state index contributed by atoms with van der Waals surface area (Å²) >= 11 is 0. The van der Waals surface area contributed by atoms with E-state index in [1.165, 1.54) is 45.3 Å². The van der Waals surface area contributed by atoms with E-state index in [4.69, 9.17) is 5.73 Å². The molecule has 1 saturated heterocycles. The lowest BCUT2D eigenvalue weighted by molar-refractivity contribution is 0.0425. The zero-order valence-corrected chi connectivity index (χ0v) is 12.2. The van der Waals surface area contributed by atoms with Crippen LogP contribution in [-0.4, -0.2) is 55.6 Å². The van der Waals surface area contributed by atoms with Crippen molar-refractivity contribution >= 4 is 0 Å². The third-order valence-electron chi connectivity index (χ3n) is 4.06. The Morgan fingerprint density at radius 2 is 2.06 bits per heavy atom. The Bertz CT molecular complexity index is 214. The Morgan fingerprint density at radius 3 is 2.59 bits per heavy atom. The van der Waals surface area contributed by atoms with Gasteiger partial charge in [0, 0.05) is 5.54 Å². The molecule has 102 valence electrons. The number of rotatable bonds is 6. The van der Waals surface area contributed by atoms with Crippen molar-refractivity contribution in [2.24, 2.45) is 11.7 Å². The molecule has 1 fully saturated rings. The second-order valence-corrected chi connectivity index (χ2v) is 6.39. The molecule has 0 aromatic heterocycles. The van der Waals surface area contributed by atoms with Crippen molar-refractivity contribution in [2.45, 2.75) is 45.1 Å². The molecule has 1 aliphatic heterocycles. The maximum Gasteiger partial charge on any atom is 0.0155 e. The molecule has 0 aromatic rings. The number of hydrogen-bond acceptors (Lipinski definition) is 3. The van der Waals surface area contributed by atoms with Gasteiger partial charge in [0.15, 0.2) is 0 Å². The molecule has 17 heavy (non-hydrogen) atoms. The molecule has 2 N–H and O–H groups in total. The molecule has 0 amide bonds. The molecule has 3 heteroatoms. The van der Waals surface area contributed by atoms with Gasteiger partial charge >= 0.3 is 0 Å². The number of piperidine rings is 1. The molecule has 1 atom stereocenters. The lowest BCUT2D eigenvalue weighted by Crippen LogP contribution is -2.50. The summed E-state index contributed by atoms with van der Waals surface area (Å²) in [6.45, 7) is 9.32. The first-order valence-corrected chi connectivity index (χ1v) is 7.05. The van der Waals surface area contributed by atoms with Crippen LogP contribution in [0.5, 0.6) is 0 Å². The van der Waals surface area contributed by atoms with Crippen LogP contribution in [0.3, 0.4) is 0 Å². The van der Waals surface area contributed by atoms with Crippen molar-refractivity contribution in [3.05, 3.63) is 0 Å². The van der Waals surface area contributed by atoms with E-state index in [0.717, 1.165) is 12.5 Å². The number of nitrogens with zero attached hydrogens (tertiary/aromatic N) is 2. The number of hydrogen-bond donors (Lipinski definition) is 1. The highest BCUT2D eigenvalue weighted by Crippen LogP contribution is 2.32. The van der Waals surface area contributed by atoms with Gasteiger partial charge in [-0.05, 0) is 85.7 Å². The Labute approximate surface area is 107 Å². The van der Waals surface area contributed by atoms with Crippen LogP contribution in [0.15, 0.2) is 0 Å². The summed E-state index contributed by atoms with van der Waals surface area (Å²) in [5.41, 5.74) is 6.04. The van der Waals surface area contributed by atoms with E-state index in [2.05, 4.69) is 37.7 Å². The van der Waals surface area contributed by atoms with Gasteiger partial charge in [-0.15, -0.1) is 0 Å². The van der Waals surface area contributed by atoms with Crippen molar-refractivity contribution in [2.75, 3.05) is 40.3 Å². The lowest BCUT2D eigenvalue weighted by Gasteiger charge is -2.46. The van der Waals surface area contributed by atoms with Crippen molar-refractivity contribution in [3.8, 4) is 0 Å². The number of nitrogens with two attached hydrogens (primary N) is 1. The van der Waals surface area contributed by atoms with Crippen LogP contribution >= 0.6 is 0 Å². The third-order valence-corrected chi connectivity index (χ3v) is 4.06. The zero-order chi connectivity index (χ0) is 12.9. The largest absolute Gasteiger partial charge is 0.330 e. The smallest absolute Gasteiger partial charge is 0.0155 e. The standard InChI is InChI=1S/C14H31N3/c1-14(2)12-13(6-8-15)7-11-17(14)10-5-9-16(3)4/h13H,5-12,15H2,1-4H3. The van der Waals surface area contributed by atoms with Crippen molar-refractivity contribution in [1.82, 2.24) is 9.80 Å². The predicted octanol–water partition coefficient (Wildman–Crippen LogP) is 1.78. The maximum absolute atomic E-state index is 5.68. The summed E-state index contributed by atoms with van der Waals surface area (Å²) in [5, 5.41) is 0. The second-order valence-electron chi connectivity index (χ2n) is 6.39. The highest BCUT2D eigenvalue weighted by molar-refractivity contribution is 4.89. The minimum atomic E-state index is 0.365. The lowest BCUT2D eigenvalue weighted by atomic mass is 9.81. The summed E-state index contributed by atoms with van der Waals surface area (Å²) in [6.07, 6.45) is 5.13. The van der Waals surface area contributed by atoms with Gasteiger partial charge in [-0.2, -0.15) is 0 Å². The van der Waals surface area contributed by atoms with Crippen LogP contribution in [0.25, 0.3) is 0 Å². The molecule has 0 bridgehead atoms. The molecule has 0 aromatic carbocycles. The van der Waals surface area contributed by atoms with Gasteiger partial charge in [-0.25, -0.2) is 0 Å². The average Bonchev–Trinajstić information content (AvgIpc) is 2.20. The van der Waals surface area contributed by atoms with Crippen LogP contribution in [-0.2, 0) is 0 Å². The highest BCUT2D eigenvalue weighted by atomic mass is 15.2. The average molecular weight is 241 g/mol. The summed E-state index contributed by atoms with van der Waals surface area (Å²) in [6, 6.07) is 0. The normalized spacial score (nSPS) is 25.4. The predicted molar refractivity (Wildman–Crippen MR) is 75.2 cm³/mol. The summed E-state index contributed by atoms with van der Waals surface area (Å²) in [4.78, 5) is 4.94. The quantitative estimate of drug-likeness (QED) is 0.769. The highest BCUT2D eigenvalue weighted by Gasteiger charge is 2.33. The summed E-state index contributed by atoms with van der Waals surface area (Å²) in [7, 11) is 4.30. The van der Waals surface area contributed by atoms with Crippen LogP contribution in [0.4, 0.5) is 0 Å². The second kappa shape index (κ2) is 6.72. The molecule has 0 aliphatic carbocycles. The van der Waals surface area contributed by atoms with E-state index in [9.17, 15) is 0 Å². The van der Waals surface area contributed by atoms with Crippen molar-refractivity contribution in [3.63, 3.8) is 0 Å².